The second-order valence-electron chi connectivity index (χ2n) is 14.6. The van der Waals surface area contributed by atoms with Crippen LogP contribution in [-0.2, 0) is 5.41 Å². The van der Waals surface area contributed by atoms with E-state index in [0.717, 1.165) is 39.1 Å². The lowest BCUT2D eigenvalue weighted by atomic mass is 9.82. The number of fused-ring (bicyclic) bond motifs is 9. The molecular weight excluding hydrogens is 663 g/mol. The smallest absolute Gasteiger partial charge is 0.235 e. The van der Waals surface area contributed by atoms with Gasteiger partial charge in [0, 0.05) is 47.5 Å². The molecule has 0 aliphatic heterocycles. The molecule has 3 aromatic heterocycles. The molecule has 0 fully saturated rings. The topological polar surface area (TPSA) is 30.7 Å². The number of hydrogen-bond acceptors (Lipinski definition) is 3. The van der Waals surface area contributed by atoms with Crippen molar-refractivity contribution in [1.29, 1.82) is 0 Å². The van der Waals surface area contributed by atoms with Gasteiger partial charge in [0.15, 0.2) is 0 Å². The average Bonchev–Trinajstić information content (AvgIpc) is 3.83. The molecule has 10 aromatic rings. The lowest BCUT2D eigenvalue weighted by Gasteiger charge is -2.21. The van der Waals surface area contributed by atoms with Crippen LogP contribution in [0.25, 0.3) is 92.7 Å². The van der Waals surface area contributed by atoms with E-state index in [2.05, 4.69) is 182 Å². The second kappa shape index (κ2) is 11.3. The van der Waals surface area contributed by atoms with Crippen LogP contribution in [0.3, 0.4) is 0 Å². The van der Waals surface area contributed by atoms with Crippen LogP contribution in [0.5, 0.6) is 0 Å². The van der Waals surface area contributed by atoms with Crippen molar-refractivity contribution in [1.82, 2.24) is 14.5 Å². The van der Waals surface area contributed by atoms with Crippen LogP contribution in [0.15, 0.2) is 164 Å². The maximum atomic E-state index is 5.50. The van der Waals surface area contributed by atoms with Crippen molar-refractivity contribution in [2.75, 3.05) is 0 Å². The average molecular weight is 696 g/mol. The zero-order valence-corrected chi connectivity index (χ0v) is 30.2. The van der Waals surface area contributed by atoms with Gasteiger partial charge in [-0.15, -0.1) is 11.3 Å². The molecule has 0 amide bonds. The highest BCUT2D eigenvalue weighted by Crippen LogP contribution is 2.51. The van der Waals surface area contributed by atoms with E-state index in [4.69, 9.17) is 9.97 Å². The summed E-state index contributed by atoms with van der Waals surface area (Å²) in [5.41, 5.74) is 13.7. The van der Waals surface area contributed by atoms with Gasteiger partial charge in [0.1, 0.15) is 0 Å². The quantitative estimate of drug-likeness (QED) is 0.183. The highest BCUT2D eigenvalue weighted by atomic mass is 32.1. The lowest BCUT2D eigenvalue weighted by molar-refractivity contribution is 0.661. The molecule has 0 unspecified atom stereocenters. The highest BCUT2D eigenvalue weighted by Gasteiger charge is 2.36. The third-order valence-electron chi connectivity index (χ3n) is 11.2. The Balaban J connectivity index is 1.21. The van der Waals surface area contributed by atoms with Crippen LogP contribution in [0.1, 0.15) is 25.0 Å². The number of rotatable bonds is 4. The van der Waals surface area contributed by atoms with Gasteiger partial charge in [-0.3, -0.25) is 4.57 Å². The Morgan fingerprint density at radius 2 is 1.13 bits per heavy atom. The van der Waals surface area contributed by atoms with E-state index in [1.807, 2.05) is 11.3 Å². The number of hydrogen-bond donors (Lipinski definition) is 0. The molecule has 0 bridgehead atoms. The van der Waals surface area contributed by atoms with Crippen LogP contribution in [-0.4, -0.2) is 14.5 Å². The van der Waals surface area contributed by atoms with Crippen LogP contribution in [0.4, 0.5) is 0 Å². The zero-order chi connectivity index (χ0) is 35.3. The lowest BCUT2D eigenvalue weighted by Crippen LogP contribution is -2.14. The molecular formula is C49H33N3S. The minimum atomic E-state index is -0.0976. The first-order chi connectivity index (χ1) is 26.0. The number of thiophene rings is 1. The first-order valence-corrected chi connectivity index (χ1v) is 19.0. The van der Waals surface area contributed by atoms with Gasteiger partial charge in [0.25, 0.3) is 0 Å². The summed E-state index contributed by atoms with van der Waals surface area (Å²) in [7, 11) is 0. The molecule has 0 atom stereocenters. The molecule has 0 saturated carbocycles. The molecule has 1 aliphatic carbocycles. The molecule has 3 nitrogen and oxygen atoms in total. The molecule has 3 heterocycles. The summed E-state index contributed by atoms with van der Waals surface area (Å²) in [5.74, 6) is 0.664. The van der Waals surface area contributed by atoms with Crippen LogP contribution < -0.4 is 0 Å². The number of nitrogens with zero attached hydrogens (tertiary/aromatic N) is 3. The summed E-state index contributed by atoms with van der Waals surface area (Å²) in [5, 5.41) is 4.95. The molecule has 250 valence electrons. The van der Waals surface area contributed by atoms with E-state index in [1.165, 1.54) is 58.8 Å². The molecule has 7 aromatic carbocycles. The maximum absolute atomic E-state index is 5.50. The summed E-state index contributed by atoms with van der Waals surface area (Å²) in [6.45, 7) is 4.69. The predicted molar refractivity (Wildman–Crippen MR) is 223 cm³/mol. The molecule has 0 N–H and O–H groups in total. The minimum absolute atomic E-state index is 0.0976. The Hall–Kier alpha value is -6.36. The Bertz CT molecular complexity index is 3090. The third-order valence-corrected chi connectivity index (χ3v) is 12.5. The zero-order valence-electron chi connectivity index (χ0n) is 29.3. The van der Waals surface area contributed by atoms with Crippen molar-refractivity contribution in [3.63, 3.8) is 0 Å². The monoisotopic (exact) mass is 695 g/mol. The maximum Gasteiger partial charge on any atom is 0.235 e. The summed E-state index contributed by atoms with van der Waals surface area (Å²) in [4.78, 5) is 10.9. The van der Waals surface area contributed by atoms with Gasteiger partial charge >= 0.3 is 0 Å². The fourth-order valence-corrected chi connectivity index (χ4v) is 9.86. The van der Waals surface area contributed by atoms with Crippen molar-refractivity contribution in [3.8, 4) is 50.7 Å². The largest absolute Gasteiger partial charge is 0.278 e. The number of para-hydroxylation sites is 1. The SMILES string of the molecule is CC1(C)c2ccccc2-c2cc3c(cc21)c1ccccc1n3-c1nc(-c2cccc(-c3ccccc3)c2)cc(-c2cccc3c2sc2ccccc23)n1. The van der Waals surface area contributed by atoms with E-state index >= 15 is 0 Å². The van der Waals surface area contributed by atoms with E-state index in [-0.39, 0.29) is 5.41 Å². The predicted octanol–water partition coefficient (Wildman–Crippen LogP) is 13.2. The van der Waals surface area contributed by atoms with Crippen LogP contribution >= 0.6 is 11.3 Å². The van der Waals surface area contributed by atoms with E-state index in [1.54, 1.807) is 0 Å². The molecule has 0 spiro atoms. The summed E-state index contributed by atoms with van der Waals surface area (Å²) < 4.78 is 4.80. The van der Waals surface area contributed by atoms with Gasteiger partial charge in [-0.1, -0.05) is 141 Å². The van der Waals surface area contributed by atoms with Gasteiger partial charge < -0.3 is 0 Å². The van der Waals surface area contributed by atoms with Crippen molar-refractivity contribution < 1.29 is 0 Å². The summed E-state index contributed by atoms with van der Waals surface area (Å²) in [6.07, 6.45) is 0. The van der Waals surface area contributed by atoms with Gasteiger partial charge in [-0.2, -0.15) is 0 Å². The molecule has 11 rings (SSSR count). The van der Waals surface area contributed by atoms with Crippen molar-refractivity contribution in [3.05, 3.63) is 175 Å². The Morgan fingerprint density at radius 1 is 0.453 bits per heavy atom. The van der Waals surface area contributed by atoms with E-state index in [0.29, 0.717) is 5.95 Å². The summed E-state index contributed by atoms with van der Waals surface area (Å²) >= 11 is 1.83. The van der Waals surface area contributed by atoms with Crippen LogP contribution in [0, 0.1) is 0 Å². The van der Waals surface area contributed by atoms with Gasteiger partial charge in [0.05, 0.1) is 22.4 Å². The normalized spacial score (nSPS) is 13.2. The minimum Gasteiger partial charge on any atom is -0.278 e. The van der Waals surface area contributed by atoms with Crippen molar-refractivity contribution in [2.45, 2.75) is 19.3 Å². The fourth-order valence-electron chi connectivity index (χ4n) is 8.64. The van der Waals surface area contributed by atoms with E-state index in [9.17, 15) is 0 Å². The Labute approximate surface area is 311 Å². The van der Waals surface area contributed by atoms with Crippen molar-refractivity contribution >= 4 is 53.3 Å². The van der Waals surface area contributed by atoms with Crippen LogP contribution in [0.2, 0.25) is 0 Å². The molecule has 53 heavy (non-hydrogen) atoms. The fraction of sp³-hybridized carbons (Fsp3) is 0.0612. The van der Waals surface area contributed by atoms with Crippen molar-refractivity contribution in [2.24, 2.45) is 0 Å². The molecule has 0 radical (unpaired) electrons. The molecule has 0 saturated heterocycles. The number of aromatic nitrogens is 3. The van der Waals surface area contributed by atoms with Gasteiger partial charge in [-0.25, -0.2) is 9.97 Å². The Kier molecular flexibility index (Phi) is 6.47. The highest BCUT2D eigenvalue weighted by molar-refractivity contribution is 7.26. The Morgan fingerprint density at radius 3 is 2.04 bits per heavy atom. The van der Waals surface area contributed by atoms with Gasteiger partial charge in [-0.05, 0) is 69.8 Å². The molecule has 4 heteroatoms. The molecule has 1 aliphatic rings. The standard InChI is InChI=1S/C49H33N3S/c1-49(2)40-23-9-6-18-33(40)38-28-45-39(27-41(38)49)34-19-7-10-24-44(34)52(45)48-50-42(32-17-12-16-31(26-32)30-14-4-3-5-15-30)29-43(51-48)37-22-13-21-36-35-20-8-11-25-46(35)53-47(36)37/h3-29H,1-2H3. The summed E-state index contributed by atoms with van der Waals surface area (Å²) in [6, 6.07) is 59.1. The number of benzene rings is 7. The van der Waals surface area contributed by atoms with Gasteiger partial charge in [0.2, 0.25) is 5.95 Å². The second-order valence-corrected chi connectivity index (χ2v) is 15.7. The third kappa shape index (κ3) is 4.52. The first-order valence-electron chi connectivity index (χ1n) is 18.2. The van der Waals surface area contributed by atoms with E-state index < -0.39 is 0 Å². The first kappa shape index (κ1) is 30.3.